The van der Waals surface area contributed by atoms with Crippen molar-refractivity contribution in [2.45, 2.75) is 38.1 Å². The largest absolute Gasteiger partial charge is 0.389 e. The van der Waals surface area contributed by atoms with E-state index in [1.807, 2.05) is 4.90 Å². The number of carbonyl (C=O) groups excluding carboxylic acids is 1. The first-order chi connectivity index (χ1) is 11.6. The number of aliphatic hydroxyl groups is 2. The molecule has 3 atom stereocenters. The van der Waals surface area contributed by atoms with Crippen molar-refractivity contribution in [3.63, 3.8) is 0 Å². The normalized spacial score (nSPS) is 29.0. The van der Waals surface area contributed by atoms with Gasteiger partial charge in [0.25, 0.3) is 5.91 Å². The van der Waals surface area contributed by atoms with Crippen LogP contribution in [0.4, 0.5) is 0 Å². The van der Waals surface area contributed by atoms with Crippen LogP contribution in [-0.4, -0.2) is 93.3 Å². The Balaban J connectivity index is 1.58. The number of aryl methyl sites for hydroxylation is 1. The average molecular weight is 338 g/mol. The molecule has 2 N–H and O–H groups in total. The Hall–Kier alpha value is -1.48. The van der Waals surface area contributed by atoms with Crippen molar-refractivity contribution >= 4 is 5.91 Å². The summed E-state index contributed by atoms with van der Waals surface area (Å²) in [6.07, 6.45) is 0.951. The molecular weight excluding hydrogens is 312 g/mol. The van der Waals surface area contributed by atoms with E-state index in [1.54, 1.807) is 16.9 Å². The second-order valence-corrected chi connectivity index (χ2v) is 6.43. The summed E-state index contributed by atoms with van der Waals surface area (Å²) in [5, 5.41) is 24.1. The molecule has 0 aliphatic carbocycles. The lowest BCUT2D eigenvalue weighted by atomic mass is 10.0. The van der Waals surface area contributed by atoms with Crippen LogP contribution in [0.25, 0.3) is 0 Å². The lowest BCUT2D eigenvalue weighted by molar-refractivity contribution is -0.136. The van der Waals surface area contributed by atoms with Gasteiger partial charge in [0.1, 0.15) is 11.8 Å². The molecule has 2 aliphatic heterocycles. The Morgan fingerprint density at radius 3 is 2.75 bits per heavy atom. The summed E-state index contributed by atoms with van der Waals surface area (Å²) in [6.45, 7) is 5.88. The minimum atomic E-state index is -0.841. The summed E-state index contributed by atoms with van der Waals surface area (Å²) in [7, 11) is 0. The third-order valence-electron chi connectivity index (χ3n) is 4.81. The summed E-state index contributed by atoms with van der Waals surface area (Å²) in [6, 6.07) is 1.55. The van der Waals surface area contributed by atoms with Crippen LogP contribution in [0.1, 0.15) is 23.8 Å². The van der Waals surface area contributed by atoms with E-state index in [2.05, 4.69) is 16.9 Å². The predicted octanol–water partition coefficient (Wildman–Crippen LogP) is -0.828. The molecule has 0 bridgehead atoms. The van der Waals surface area contributed by atoms with E-state index in [0.717, 1.165) is 13.0 Å². The number of rotatable bonds is 4. The molecule has 0 radical (unpaired) electrons. The highest BCUT2D eigenvalue weighted by atomic mass is 16.5. The van der Waals surface area contributed by atoms with Crippen molar-refractivity contribution in [1.29, 1.82) is 0 Å². The maximum atomic E-state index is 12.7. The molecule has 1 amide bonds. The topological polar surface area (TPSA) is 91.1 Å². The van der Waals surface area contributed by atoms with Gasteiger partial charge in [-0.3, -0.25) is 14.4 Å². The van der Waals surface area contributed by atoms with Crippen molar-refractivity contribution < 1.29 is 19.7 Å². The van der Waals surface area contributed by atoms with Crippen LogP contribution in [0.15, 0.2) is 12.3 Å². The number of piperazine rings is 1. The zero-order valence-electron chi connectivity index (χ0n) is 14.0. The van der Waals surface area contributed by atoms with Crippen LogP contribution in [0, 0.1) is 0 Å². The van der Waals surface area contributed by atoms with Gasteiger partial charge in [-0.15, -0.1) is 0 Å². The Kier molecular flexibility index (Phi) is 5.50. The fourth-order valence-electron chi connectivity index (χ4n) is 3.41. The van der Waals surface area contributed by atoms with Gasteiger partial charge in [-0.1, -0.05) is 6.92 Å². The number of hydrogen-bond donors (Lipinski definition) is 2. The van der Waals surface area contributed by atoms with E-state index in [1.165, 1.54) is 0 Å². The lowest BCUT2D eigenvalue weighted by Crippen LogP contribution is -2.60. The molecule has 8 nitrogen and oxygen atoms in total. The van der Waals surface area contributed by atoms with Gasteiger partial charge in [-0.25, -0.2) is 0 Å². The first-order valence-electron chi connectivity index (χ1n) is 8.60. The van der Waals surface area contributed by atoms with Crippen molar-refractivity contribution in [1.82, 2.24) is 19.6 Å². The van der Waals surface area contributed by atoms with E-state index >= 15 is 0 Å². The molecule has 1 aromatic rings. The van der Waals surface area contributed by atoms with Crippen LogP contribution in [0.2, 0.25) is 0 Å². The summed E-state index contributed by atoms with van der Waals surface area (Å²) < 4.78 is 7.10. The zero-order chi connectivity index (χ0) is 17.1. The molecule has 3 heterocycles. The zero-order valence-corrected chi connectivity index (χ0v) is 14.0. The molecule has 2 aliphatic rings. The highest BCUT2D eigenvalue weighted by Gasteiger charge is 2.37. The van der Waals surface area contributed by atoms with Gasteiger partial charge in [0.2, 0.25) is 0 Å². The molecule has 3 rings (SSSR count). The van der Waals surface area contributed by atoms with Crippen molar-refractivity contribution in [3.8, 4) is 0 Å². The summed E-state index contributed by atoms with van der Waals surface area (Å²) >= 11 is 0. The van der Waals surface area contributed by atoms with Gasteiger partial charge < -0.3 is 19.8 Å². The Morgan fingerprint density at radius 2 is 2.04 bits per heavy atom. The SMILES string of the molecule is CCCn1nccc1C(=O)N1CCN([C@@H]2COC[C@@H](O)[C@H]2O)CC1. The molecule has 24 heavy (non-hydrogen) atoms. The van der Waals surface area contributed by atoms with Gasteiger partial charge in [-0.05, 0) is 12.5 Å². The number of amides is 1. The van der Waals surface area contributed by atoms with E-state index < -0.39 is 12.2 Å². The van der Waals surface area contributed by atoms with Crippen molar-refractivity contribution in [3.05, 3.63) is 18.0 Å². The highest BCUT2D eigenvalue weighted by molar-refractivity contribution is 5.92. The van der Waals surface area contributed by atoms with Crippen LogP contribution in [-0.2, 0) is 11.3 Å². The number of aromatic nitrogens is 2. The molecule has 0 saturated carbocycles. The van der Waals surface area contributed by atoms with E-state index in [9.17, 15) is 15.0 Å². The third-order valence-corrected chi connectivity index (χ3v) is 4.81. The van der Waals surface area contributed by atoms with E-state index in [-0.39, 0.29) is 18.6 Å². The summed E-state index contributed by atoms with van der Waals surface area (Å²) in [5.41, 5.74) is 0.627. The van der Waals surface area contributed by atoms with E-state index in [4.69, 9.17) is 4.74 Å². The molecule has 2 saturated heterocycles. The Labute approximate surface area is 141 Å². The Bertz CT molecular complexity index is 556. The minimum absolute atomic E-state index is 0.000998. The van der Waals surface area contributed by atoms with Crippen molar-refractivity contribution in [2.75, 3.05) is 39.4 Å². The van der Waals surface area contributed by atoms with Gasteiger partial charge in [0.15, 0.2) is 0 Å². The number of nitrogens with zero attached hydrogens (tertiary/aromatic N) is 4. The molecule has 1 aromatic heterocycles. The molecule has 2 fully saturated rings. The van der Waals surface area contributed by atoms with Crippen LogP contribution in [0.5, 0.6) is 0 Å². The molecular formula is C16H26N4O4. The van der Waals surface area contributed by atoms with Gasteiger partial charge in [0.05, 0.1) is 25.4 Å². The predicted molar refractivity (Wildman–Crippen MR) is 86.6 cm³/mol. The van der Waals surface area contributed by atoms with Gasteiger partial charge in [-0.2, -0.15) is 5.10 Å². The molecule has 0 unspecified atom stereocenters. The first kappa shape index (κ1) is 17.3. The maximum Gasteiger partial charge on any atom is 0.272 e. The molecule has 134 valence electrons. The Morgan fingerprint density at radius 1 is 1.29 bits per heavy atom. The average Bonchev–Trinajstić information content (AvgIpc) is 3.05. The smallest absolute Gasteiger partial charge is 0.272 e. The number of ether oxygens (including phenoxy) is 1. The quantitative estimate of drug-likeness (QED) is 0.745. The number of hydrogen-bond acceptors (Lipinski definition) is 6. The summed E-state index contributed by atoms with van der Waals surface area (Å²) in [5.74, 6) is 0.000998. The van der Waals surface area contributed by atoms with Gasteiger partial charge >= 0.3 is 0 Å². The summed E-state index contributed by atoms with van der Waals surface area (Å²) in [4.78, 5) is 16.6. The monoisotopic (exact) mass is 338 g/mol. The van der Waals surface area contributed by atoms with Crippen LogP contribution in [0.3, 0.4) is 0 Å². The number of aliphatic hydroxyl groups excluding tert-OH is 2. The van der Waals surface area contributed by atoms with Crippen LogP contribution >= 0.6 is 0 Å². The third kappa shape index (κ3) is 3.46. The van der Waals surface area contributed by atoms with E-state index in [0.29, 0.717) is 38.5 Å². The number of carbonyl (C=O) groups is 1. The maximum absolute atomic E-state index is 12.7. The second kappa shape index (κ2) is 7.60. The fourth-order valence-corrected chi connectivity index (χ4v) is 3.41. The minimum Gasteiger partial charge on any atom is -0.389 e. The lowest BCUT2D eigenvalue weighted by Gasteiger charge is -2.43. The first-order valence-corrected chi connectivity index (χ1v) is 8.60. The highest BCUT2D eigenvalue weighted by Crippen LogP contribution is 2.18. The molecule has 0 aromatic carbocycles. The van der Waals surface area contributed by atoms with Crippen LogP contribution < -0.4 is 0 Å². The molecule has 0 spiro atoms. The standard InChI is InChI=1S/C16H26N4O4/c1-2-5-20-12(3-4-17-20)16(23)19-8-6-18(7-9-19)13-10-24-11-14(21)15(13)22/h3-4,13-15,21-22H,2,5-11H2,1H3/t13-,14-,15+/m1/s1. The molecule has 8 heteroatoms. The van der Waals surface area contributed by atoms with Crippen molar-refractivity contribution in [2.24, 2.45) is 0 Å². The fraction of sp³-hybridized carbons (Fsp3) is 0.750. The van der Waals surface area contributed by atoms with Gasteiger partial charge in [0, 0.05) is 38.9 Å². The second-order valence-electron chi connectivity index (χ2n) is 6.43.